The van der Waals surface area contributed by atoms with E-state index in [0.29, 0.717) is 0 Å². The van der Waals surface area contributed by atoms with Gasteiger partial charge in [-0.15, -0.1) is 0 Å². The molecule has 0 aliphatic carbocycles. The molecule has 1 aliphatic heterocycles. The molecule has 1 nitrogen and oxygen atoms in total. The Bertz CT molecular complexity index is 346. The van der Waals surface area contributed by atoms with Crippen molar-refractivity contribution < 1.29 is 0 Å². The van der Waals surface area contributed by atoms with Crippen molar-refractivity contribution in [1.29, 1.82) is 0 Å². The first-order valence-corrected chi connectivity index (χ1v) is 6.24. The summed E-state index contributed by atoms with van der Waals surface area (Å²) in [5.74, 6) is 1.49. The summed E-state index contributed by atoms with van der Waals surface area (Å²) in [5.41, 5.74) is 2.99. The van der Waals surface area contributed by atoms with Crippen molar-refractivity contribution in [2.24, 2.45) is 0 Å². The third kappa shape index (κ3) is 2.61. The molecule has 0 fully saturated rings. The van der Waals surface area contributed by atoms with Gasteiger partial charge in [-0.2, -0.15) is 0 Å². The molecule has 0 saturated carbocycles. The summed E-state index contributed by atoms with van der Waals surface area (Å²) < 4.78 is 1.27. The van der Waals surface area contributed by atoms with Crippen molar-refractivity contribution in [2.75, 3.05) is 13.1 Å². The smallest absolute Gasteiger partial charge is 0.0237 e. The van der Waals surface area contributed by atoms with Crippen LogP contribution in [0.4, 0.5) is 0 Å². The molecule has 0 saturated heterocycles. The Kier molecular flexibility index (Phi) is 3.47. The van der Waals surface area contributed by atoms with Crippen LogP contribution in [0.25, 0.3) is 0 Å². The Hall–Kier alpha value is -0.340. The molecule has 15 heavy (non-hydrogen) atoms. The second-order valence-corrected chi connectivity index (χ2v) is 5.40. The SMILES string of the molecule is C[C](C)CN1CCc2c(Br)cccc2C1. The van der Waals surface area contributed by atoms with Crippen LogP contribution in [0, 0.1) is 5.92 Å². The first kappa shape index (κ1) is 11.2. The molecule has 2 rings (SSSR count). The van der Waals surface area contributed by atoms with Crippen LogP contribution in [0.15, 0.2) is 22.7 Å². The first-order valence-electron chi connectivity index (χ1n) is 5.44. The monoisotopic (exact) mass is 266 g/mol. The van der Waals surface area contributed by atoms with Crippen LogP contribution in [0.1, 0.15) is 25.0 Å². The molecule has 0 aromatic heterocycles. The minimum Gasteiger partial charge on any atom is -0.298 e. The van der Waals surface area contributed by atoms with Gasteiger partial charge in [-0.1, -0.05) is 41.9 Å². The van der Waals surface area contributed by atoms with Gasteiger partial charge in [0, 0.05) is 24.1 Å². The Morgan fingerprint density at radius 2 is 2.20 bits per heavy atom. The molecule has 0 N–H and O–H groups in total. The minimum absolute atomic E-state index is 1.10. The standard InChI is InChI=1S/C13H17BrN/c1-10(2)8-15-7-6-12-11(9-15)4-3-5-13(12)14/h3-5H,6-9H2,1-2H3. The molecule has 0 spiro atoms. The second kappa shape index (κ2) is 4.67. The molecular weight excluding hydrogens is 250 g/mol. The van der Waals surface area contributed by atoms with E-state index in [0.717, 1.165) is 13.1 Å². The van der Waals surface area contributed by atoms with E-state index in [2.05, 4.69) is 52.9 Å². The van der Waals surface area contributed by atoms with Gasteiger partial charge >= 0.3 is 0 Å². The van der Waals surface area contributed by atoms with Crippen LogP contribution in [0.5, 0.6) is 0 Å². The highest BCUT2D eigenvalue weighted by Gasteiger charge is 2.18. The number of fused-ring (bicyclic) bond motifs is 1. The van der Waals surface area contributed by atoms with Crippen molar-refractivity contribution in [3.05, 3.63) is 39.7 Å². The Balaban J connectivity index is 2.13. The summed E-state index contributed by atoms with van der Waals surface area (Å²) in [7, 11) is 0. The van der Waals surface area contributed by atoms with Crippen molar-refractivity contribution in [2.45, 2.75) is 26.8 Å². The maximum Gasteiger partial charge on any atom is 0.0237 e. The fourth-order valence-electron chi connectivity index (χ4n) is 2.20. The van der Waals surface area contributed by atoms with Crippen LogP contribution in [-0.4, -0.2) is 18.0 Å². The van der Waals surface area contributed by atoms with E-state index in [1.165, 1.54) is 34.5 Å². The zero-order valence-electron chi connectivity index (χ0n) is 9.39. The van der Waals surface area contributed by atoms with Gasteiger partial charge in [-0.25, -0.2) is 0 Å². The van der Waals surface area contributed by atoms with Gasteiger partial charge in [0.15, 0.2) is 0 Å². The Morgan fingerprint density at radius 1 is 1.40 bits per heavy atom. The van der Waals surface area contributed by atoms with Gasteiger partial charge < -0.3 is 0 Å². The molecule has 0 unspecified atom stereocenters. The largest absolute Gasteiger partial charge is 0.298 e. The van der Waals surface area contributed by atoms with Crippen LogP contribution in [0.2, 0.25) is 0 Å². The average Bonchev–Trinajstić information content (AvgIpc) is 2.17. The fourth-order valence-corrected chi connectivity index (χ4v) is 2.81. The van der Waals surface area contributed by atoms with E-state index in [1.807, 2.05) is 0 Å². The number of benzene rings is 1. The lowest BCUT2D eigenvalue weighted by atomic mass is 9.99. The normalized spacial score (nSPS) is 16.8. The third-order valence-electron chi connectivity index (χ3n) is 2.83. The molecule has 1 radical (unpaired) electrons. The first-order chi connectivity index (χ1) is 7.16. The molecule has 1 aromatic rings. The second-order valence-electron chi connectivity index (χ2n) is 4.55. The average molecular weight is 267 g/mol. The highest BCUT2D eigenvalue weighted by Crippen LogP contribution is 2.26. The number of hydrogen-bond acceptors (Lipinski definition) is 1. The summed E-state index contributed by atoms with van der Waals surface area (Å²) in [6.07, 6.45) is 1.17. The van der Waals surface area contributed by atoms with Crippen molar-refractivity contribution in [1.82, 2.24) is 4.90 Å². The predicted molar refractivity (Wildman–Crippen MR) is 67.7 cm³/mol. The molecule has 1 aromatic carbocycles. The van der Waals surface area contributed by atoms with E-state index in [4.69, 9.17) is 0 Å². The van der Waals surface area contributed by atoms with Crippen LogP contribution < -0.4 is 0 Å². The van der Waals surface area contributed by atoms with Gasteiger partial charge in [0.1, 0.15) is 0 Å². The zero-order valence-corrected chi connectivity index (χ0v) is 11.0. The topological polar surface area (TPSA) is 3.24 Å². The summed E-state index contributed by atoms with van der Waals surface area (Å²) in [5, 5.41) is 0. The third-order valence-corrected chi connectivity index (χ3v) is 3.57. The number of halogens is 1. The summed E-state index contributed by atoms with van der Waals surface area (Å²) in [6, 6.07) is 6.53. The molecule has 0 atom stereocenters. The molecule has 0 bridgehead atoms. The van der Waals surface area contributed by atoms with E-state index in [9.17, 15) is 0 Å². The minimum atomic E-state index is 1.10. The lowest BCUT2D eigenvalue weighted by molar-refractivity contribution is 0.264. The maximum absolute atomic E-state index is 3.63. The quantitative estimate of drug-likeness (QED) is 0.793. The van der Waals surface area contributed by atoms with Crippen LogP contribution in [0.3, 0.4) is 0 Å². The molecular formula is C13H17BrN. The fraction of sp³-hybridized carbons (Fsp3) is 0.462. The van der Waals surface area contributed by atoms with Crippen LogP contribution >= 0.6 is 15.9 Å². The summed E-state index contributed by atoms with van der Waals surface area (Å²) in [6.45, 7) is 7.82. The maximum atomic E-state index is 3.63. The highest BCUT2D eigenvalue weighted by molar-refractivity contribution is 9.10. The zero-order chi connectivity index (χ0) is 10.8. The van der Waals surface area contributed by atoms with Gasteiger partial charge in [0.25, 0.3) is 0 Å². The van der Waals surface area contributed by atoms with E-state index in [1.54, 1.807) is 0 Å². The van der Waals surface area contributed by atoms with E-state index >= 15 is 0 Å². The van der Waals surface area contributed by atoms with Crippen molar-refractivity contribution in [3.8, 4) is 0 Å². The number of nitrogens with zero attached hydrogens (tertiary/aromatic N) is 1. The predicted octanol–water partition coefficient (Wildman–Crippen LogP) is 3.42. The molecule has 1 aliphatic rings. The van der Waals surface area contributed by atoms with Gasteiger partial charge in [0.2, 0.25) is 0 Å². The Labute approximate surface area is 101 Å². The van der Waals surface area contributed by atoms with Crippen LogP contribution in [-0.2, 0) is 13.0 Å². The lowest BCUT2D eigenvalue weighted by Gasteiger charge is -2.30. The van der Waals surface area contributed by atoms with Crippen molar-refractivity contribution in [3.63, 3.8) is 0 Å². The molecule has 1 heterocycles. The number of rotatable bonds is 2. The number of hydrogen-bond donors (Lipinski definition) is 0. The van der Waals surface area contributed by atoms with Gasteiger partial charge in [-0.3, -0.25) is 4.90 Å². The summed E-state index contributed by atoms with van der Waals surface area (Å²) >= 11 is 3.63. The molecule has 0 amide bonds. The van der Waals surface area contributed by atoms with Gasteiger partial charge in [0.05, 0.1) is 0 Å². The van der Waals surface area contributed by atoms with Gasteiger partial charge in [-0.05, 0) is 29.5 Å². The highest BCUT2D eigenvalue weighted by atomic mass is 79.9. The van der Waals surface area contributed by atoms with Crippen molar-refractivity contribution >= 4 is 15.9 Å². The lowest BCUT2D eigenvalue weighted by Crippen LogP contribution is -2.33. The molecule has 2 heteroatoms. The van der Waals surface area contributed by atoms with E-state index < -0.39 is 0 Å². The Morgan fingerprint density at radius 3 is 2.93 bits per heavy atom. The summed E-state index contributed by atoms with van der Waals surface area (Å²) in [4.78, 5) is 2.52. The molecule has 81 valence electrons. The van der Waals surface area contributed by atoms with E-state index in [-0.39, 0.29) is 0 Å².